The molecule has 0 aromatic heterocycles. The largest absolute Gasteiger partial charge is 0.378 e. The van der Waals surface area contributed by atoms with Gasteiger partial charge >= 0.3 is 0 Å². The number of thioether (sulfide) groups is 1. The number of rotatable bonds is 4. The van der Waals surface area contributed by atoms with Crippen LogP contribution in [0.3, 0.4) is 0 Å². The van der Waals surface area contributed by atoms with Crippen LogP contribution < -0.4 is 5.73 Å². The SMILES string of the molecule is NCCCOC1CCOC2(CCSC2)C1. The van der Waals surface area contributed by atoms with Crippen molar-refractivity contribution < 1.29 is 9.47 Å². The van der Waals surface area contributed by atoms with Crippen LogP contribution in [0.2, 0.25) is 0 Å². The van der Waals surface area contributed by atoms with E-state index in [4.69, 9.17) is 15.2 Å². The molecule has 15 heavy (non-hydrogen) atoms. The molecule has 2 N–H and O–H groups in total. The predicted octanol–water partition coefficient (Wildman–Crippen LogP) is 1.41. The molecule has 0 aromatic carbocycles. The fourth-order valence-corrected chi connectivity index (χ4v) is 3.70. The molecule has 2 heterocycles. The van der Waals surface area contributed by atoms with Gasteiger partial charge < -0.3 is 15.2 Å². The van der Waals surface area contributed by atoms with E-state index in [0.29, 0.717) is 6.10 Å². The van der Waals surface area contributed by atoms with Gasteiger partial charge in [0.1, 0.15) is 0 Å². The highest BCUT2D eigenvalue weighted by molar-refractivity contribution is 7.99. The Morgan fingerprint density at radius 2 is 2.47 bits per heavy atom. The first-order valence-corrected chi connectivity index (χ1v) is 7.03. The molecular weight excluding hydrogens is 210 g/mol. The Kier molecular flexibility index (Phi) is 4.31. The van der Waals surface area contributed by atoms with Gasteiger partial charge in [-0.05, 0) is 31.6 Å². The van der Waals surface area contributed by atoms with Crippen molar-refractivity contribution >= 4 is 11.8 Å². The van der Waals surface area contributed by atoms with E-state index in [1.54, 1.807) is 0 Å². The third-order valence-corrected chi connectivity index (χ3v) is 4.44. The van der Waals surface area contributed by atoms with Crippen molar-refractivity contribution in [2.24, 2.45) is 5.73 Å². The van der Waals surface area contributed by atoms with Gasteiger partial charge in [0.25, 0.3) is 0 Å². The minimum Gasteiger partial charge on any atom is -0.378 e. The highest BCUT2D eigenvalue weighted by Crippen LogP contribution is 2.38. The standard InChI is InChI=1S/C11H21NO2S/c12-4-1-5-13-10-2-6-14-11(8-10)3-7-15-9-11/h10H,1-9,12H2. The van der Waals surface area contributed by atoms with E-state index in [-0.39, 0.29) is 5.60 Å². The van der Waals surface area contributed by atoms with Crippen LogP contribution in [-0.4, -0.2) is 43.0 Å². The second-order valence-corrected chi connectivity index (χ2v) is 5.57. The molecule has 0 bridgehead atoms. The molecule has 2 rings (SSSR count). The molecule has 0 amide bonds. The molecule has 2 unspecified atom stereocenters. The van der Waals surface area contributed by atoms with E-state index in [9.17, 15) is 0 Å². The minimum atomic E-state index is 0.149. The first-order valence-electron chi connectivity index (χ1n) is 5.88. The first-order chi connectivity index (χ1) is 7.35. The van der Waals surface area contributed by atoms with Crippen LogP contribution in [0.4, 0.5) is 0 Å². The molecule has 2 aliphatic heterocycles. The molecule has 2 fully saturated rings. The number of hydrogen-bond donors (Lipinski definition) is 1. The fraction of sp³-hybridized carbons (Fsp3) is 1.00. The molecule has 2 aliphatic rings. The molecule has 0 aromatic rings. The van der Waals surface area contributed by atoms with Crippen molar-refractivity contribution in [1.82, 2.24) is 0 Å². The Morgan fingerprint density at radius 1 is 1.53 bits per heavy atom. The number of nitrogens with two attached hydrogens (primary N) is 1. The molecule has 0 aliphatic carbocycles. The highest BCUT2D eigenvalue weighted by atomic mass is 32.2. The maximum absolute atomic E-state index is 5.94. The lowest BCUT2D eigenvalue weighted by molar-refractivity contribution is -0.120. The predicted molar refractivity (Wildman–Crippen MR) is 63.3 cm³/mol. The molecule has 3 nitrogen and oxygen atoms in total. The highest BCUT2D eigenvalue weighted by Gasteiger charge is 2.40. The van der Waals surface area contributed by atoms with Gasteiger partial charge in [-0.25, -0.2) is 0 Å². The maximum Gasteiger partial charge on any atom is 0.0805 e. The molecule has 2 atom stereocenters. The molecule has 0 radical (unpaired) electrons. The van der Waals surface area contributed by atoms with Gasteiger partial charge in [-0.2, -0.15) is 11.8 Å². The van der Waals surface area contributed by atoms with E-state index >= 15 is 0 Å². The summed E-state index contributed by atoms with van der Waals surface area (Å²) in [5, 5.41) is 0. The lowest BCUT2D eigenvalue weighted by Gasteiger charge is -2.37. The summed E-state index contributed by atoms with van der Waals surface area (Å²) < 4.78 is 11.8. The second kappa shape index (κ2) is 5.53. The zero-order valence-corrected chi connectivity index (χ0v) is 10.1. The third-order valence-electron chi connectivity index (χ3n) is 3.22. The van der Waals surface area contributed by atoms with Crippen molar-refractivity contribution in [2.75, 3.05) is 31.3 Å². The zero-order valence-electron chi connectivity index (χ0n) is 9.24. The Bertz CT molecular complexity index is 195. The Balaban J connectivity index is 1.76. The van der Waals surface area contributed by atoms with Crippen LogP contribution in [0, 0.1) is 0 Å². The number of ether oxygens (including phenoxy) is 2. The second-order valence-electron chi connectivity index (χ2n) is 4.46. The topological polar surface area (TPSA) is 44.5 Å². The van der Waals surface area contributed by atoms with Gasteiger partial charge in [-0.3, -0.25) is 0 Å². The molecule has 2 saturated heterocycles. The van der Waals surface area contributed by atoms with Crippen LogP contribution in [0.15, 0.2) is 0 Å². The summed E-state index contributed by atoms with van der Waals surface area (Å²) in [4.78, 5) is 0. The van der Waals surface area contributed by atoms with Crippen molar-refractivity contribution in [2.45, 2.75) is 37.4 Å². The summed E-state index contributed by atoms with van der Waals surface area (Å²) in [7, 11) is 0. The van der Waals surface area contributed by atoms with Crippen LogP contribution in [0.25, 0.3) is 0 Å². The molecule has 0 saturated carbocycles. The van der Waals surface area contributed by atoms with Crippen LogP contribution >= 0.6 is 11.8 Å². The molecule has 88 valence electrons. The average Bonchev–Trinajstić information content (AvgIpc) is 2.67. The monoisotopic (exact) mass is 231 g/mol. The Hall–Kier alpha value is 0.230. The van der Waals surface area contributed by atoms with Crippen molar-refractivity contribution in [3.63, 3.8) is 0 Å². The van der Waals surface area contributed by atoms with Crippen molar-refractivity contribution in [3.8, 4) is 0 Å². The average molecular weight is 231 g/mol. The lowest BCUT2D eigenvalue weighted by atomic mass is 9.91. The smallest absolute Gasteiger partial charge is 0.0805 e. The van der Waals surface area contributed by atoms with Gasteiger partial charge in [0, 0.05) is 25.4 Å². The van der Waals surface area contributed by atoms with Gasteiger partial charge in [-0.15, -0.1) is 0 Å². The van der Waals surface area contributed by atoms with Crippen LogP contribution in [0.1, 0.15) is 25.7 Å². The molecule has 4 heteroatoms. The third kappa shape index (κ3) is 3.09. The summed E-state index contributed by atoms with van der Waals surface area (Å²) in [6, 6.07) is 0. The zero-order chi connectivity index (χ0) is 10.6. The Morgan fingerprint density at radius 3 is 3.20 bits per heavy atom. The summed E-state index contributed by atoms with van der Waals surface area (Å²) in [5.41, 5.74) is 5.60. The van der Waals surface area contributed by atoms with Gasteiger partial charge in [-0.1, -0.05) is 0 Å². The maximum atomic E-state index is 5.94. The number of hydrogen-bond acceptors (Lipinski definition) is 4. The van der Waals surface area contributed by atoms with Crippen LogP contribution in [-0.2, 0) is 9.47 Å². The van der Waals surface area contributed by atoms with E-state index in [2.05, 4.69) is 0 Å². The quantitative estimate of drug-likeness (QED) is 0.743. The van der Waals surface area contributed by atoms with E-state index in [0.717, 1.165) is 44.8 Å². The fourth-order valence-electron chi connectivity index (χ4n) is 2.32. The van der Waals surface area contributed by atoms with E-state index in [1.807, 2.05) is 11.8 Å². The summed E-state index contributed by atoms with van der Waals surface area (Å²) in [6.45, 7) is 2.41. The summed E-state index contributed by atoms with van der Waals surface area (Å²) >= 11 is 2.01. The first kappa shape index (κ1) is 11.7. The van der Waals surface area contributed by atoms with E-state index < -0.39 is 0 Å². The van der Waals surface area contributed by atoms with Crippen molar-refractivity contribution in [1.29, 1.82) is 0 Å². The lowest BCUT2D eigenvalue weighted by Crippen LogP contribution is -2.43. The van der Waals surface area contributed by atoms with Gasteiger partial charge in [0.05, 0.1) is 11.7 Å². The Labute approximate surface area is 96.1 Å². The van der Waals surface area contributed by atoms with Crippen LogP contribution in [0.5, 0.6) is 0 Å². The van der Waals surface area contributed by atoms with Gasteiger partial charge in [0.15, 0.2) is 0 Å². The minimum absolute atomic E-state index is 0.149. The normalized spacial score (nSPS) is 36.2. The molecule has 1 spiro atoms. The van der Waals surface area contributed by atoms with Gasteiger partial charge in [0.2, 0.25) is 0 Å². The van der Waals surface area contributed by atoms with Crippen molar-refractivity contribution in [3.05, 3.63) is 0 Å². The summed E-state index contributed by atoms with van der Waals surface area (Å²) in [6.07, 6.45) is 4.72. The molecular formula is C11H21NO2S. The van der Waals surface area contributed by atoms with E-state index in [1.165, 1.54) is 12.2 Å². The summed E-state index contributed by atoms with van der Waals surface area (Å²) in [5.74, 6) is 2.40.